The number of ether oxygens (including phenoxy) is 2. The first-order valence-corrected chi connectivity index (χ1v) is 8.15. The van der Waals surface area contributed by atoms with Crippen molar-refractivity contribution in [3.8, 4) is 11.5 Å². The van der Waals surface area contributed by atoms with Crippen LogP contribution in [0.1, 0.15) is 17.5 Å². The summed E-state index contributed by atoms with van der Waals surface area (Å²) in [5.41, 5.74) is 1.60. The Labute approximate surface area is 154 Å². The quantitative estimate of drug-likeness (QED) is 0.598. The molecule has 0 radical (unpaired) electrons. The molecule has 0 bridgehead atoms. The van der Waals surface area contributed by atoms with E-state index in [0.29, 0.717) is 13.0 Å². The summed E-state index contributed by atoms with van der Waals surface area (Å²) < 4.78 is 57.0. The van der Waals surface area contributed by atoms with Crippen LogP contribution in [0.3, 0.4) is 0 Å². The third-order valence-corrected chi connectivity index (χ3v) is 3.77. The highest BCUT2D eigenvalue weighted by Gasteiger charge is 2.11. The predicted molar refractivity (Wildman–Crippen MR) is 90.9 cm³/mol. The van der Waals surface area contributed by atoms with Crippen molar-refractivity contribution in [3.63, 3.8) is 0 Å². The van der Waals surface area contributed by atoms with Gasteiger partial charge in [-0.05, 0) is 41.8 Å². The normalized spacial score (nSPS) is 10.9. The monoisotopic (exact) mass is 385 g/mol. The molecule has 27 heavy (non-hydrogen) atoms. The summed E-state index contributed by atoms with van der Waals surface area (Å²) in [6.45, 7) is -5.42. The smallest absolute Gasteiger partial charge is 0.387 e. The molecular formula is C19H19F4NO3. The molecule has 0 fully saturated rings. The zero-order chi connectivity index (χ0) is 19.8. The first-order valence-electron chi connectivity index (χ1n) is 8.15. The number of alkyl halides is 4. The van der Waals surface area contributed by atoms with E-state index < -0.39 is 13.2 Å². The first-order chi connectivity index (χ1) is 12.8. The Balaban J connectivity index is 1.81. The molecule has 2 aromatic carbocycles. The van der Waals surface area contributed by atoms with Gasteiger partial charge in [-0.25, -0.2) is 0 Å². The lowest BCUT2D eigenvalue weighted by Gasteiger charge is -2.17. The summed E-state index contributed by atoms with van der Waals surface area (Å²) >= 11 is 0. The average molecular weight is 385 g/mol. The van der Waals surface area contributed by atoms with Gasteiger partial charge in [-0.3, -0.25) is 4.79 Å². The molecule has 0 heterocycles. The molecule has 0 aromatic heterocycles. The summed E-state index contributed by atoms with van der Waals surface area (Å²) in [6.07, 6.45) is 0.706. The molecule has 0 aliphatic heterocycles. The van der Waals surface area contributed by atoms with E-state index in [9.17, 15) is 22.4 Å². The zero-order valence-corrected chi connectivity index (χ0v) is 14.6. The molecule has 0 saturated carbocycles. The fourth-order valence-electron chi connectivity index (χ4n) is 2.42. The summed E-state index contributed by atoms with van der Waals surface area (Å²) in [4.78, 5) is 13.7. The first kappa shape index (κ1) is 20.5. The Morgan fingerprint density at radius 3 is 1.74 bits per heavy atom. The molecule has 4 nitrogen and oxygen atoms in total. The number of carbonyl (C=O) groups excluding carboxylic acids is 1. The molecule has 2 rings (SSSR count). The molecule has 0 aliphatic rings. The number of halogens is 4. The van der Waals surface area contributed by atoms with Crippen molar-refractivity contribution in [3.05, 3.63) is 59.7 Å². The minimum Gasteiger partial charge on any atom is -0.435 e. The number of rotatable bonds is 9. The van der Waals surface area contributed by atoms with E-state index in [4.69, 9.17) is 0 Å². The van der Waals surface area contributed by atoms with E-state index in [-0.39, 0.29) is 23.8 Å². The average Bonchev–Trinajstić information content (AvgIpc) is 2.61. The van der Waals surface area contributed by atoms with Crippen LogP contribution in [0.25, 0.3) is 0 Å². The van der Waals surface area contributed by atoms with E-state index in [1.165, 1.54) is 29.2 Å². The van der Waals surface area contributed by atoms with Crippen LogP contribution < -0.4 is 9.47 Å². The lowest BCUT2D eigenvalue weighted by atomic mass is 10.1. The van der Waals surface area contributed by atoms with Gasteiger partial charge in [0, 0.05) is 20.0 Å². The lowest BCUT2D eigenvalue weighted by molar-refractivity contribution is -0.130. The number of aryl methyl sites for hydroxylation is 1. The second-order valence-electron chi connectivity index (χ2n) is 5.79. The van der Waals surface area contributed by atoms with Gasteiger partial charge >= 0.3 is 13.2 Å². The number of hydrogen-bond donors (Lipinski definition) is 0. The molecule has 8 heteroatoms. The van der Waals surface area contributed by atoms with Crippen LogP contribution in [-0.4, -0.2) is 31.1 Å². The molecular weight excluding hydrogens is 366 g/mol. The van der Waals surface area contributed by atoms with Gasteiger partial charge < -0.3 is 14.4 Å². The van der Waals surface area contributed by atoms with E-state index in [0.717, 1.165) is 11.1 Å². The SMILES string of the molecule is CN(Cc1ccc(OC(F)F)cc1)C(=O)CCc1ccc(OC(F)F)cc1. The summed E-state index contributed by atoms with van der Waals surface area (Å²) in [5, 5.41) is 0. The van der Waals surface area contributed by atoms with Gasteiger partial charge in [0.2, 0.25) is 5.91 Å². The molecule has 0 N–H and O–H groups in total. The number of amides is 1. The largest absolute Gasteiger partial charge is 0.435 e. The van der Waals surface area contributed by atoms with Crippen molar-refractivity contribution in [2.45, 2.75) is 32.6 Å². The fraction of sp³-hybridized carbons (Fsp3) is 0.316. The maximum absolute atomic E-state index is 12.2. The van der Waals surface area contributed by atoms with Gasteiger partial charge in [-0.15, -0.1) is 0 Å². The topological polar surface area (TPSA) is 38.8 Å². The lowest BCUT2D eigenvalue weighted by Crippen LogP contribution is -2.26. The Morgan fingerprint density at radius 1 is 0.852 bits per heavy atom. The summed E-state index contributed by atoms with van der Waals surface area (Å²) in [5.74, 6) is 0.0225. The van der Waals surface area contributed by atoms with Crippen molar-refractivity contribution in [2.75, 3.05) is 7.05 Å². The molecule has 1 amide bonds. The van der Waals surface area contributed by atoms with E-state index >= 15 is 0 Å². The van der Waals surface area contributed by atoms with Crippen LogP contribution in [0.5, 0.6) is 11.5 Å². The number of hydrogen-bond acceptors (Lipinski definition) is 3. The van der Waals surface area contributed by atoms with Gasteiger partial charge in [-0.1, -0.05) is 24.3 Å². The summed E-state index contributed by atoms with van der Waals surface area (Å²) in [6, 6.07) is 12.2. The third kappa shape index (κ3) is 7.16. The van der Waals surface area contributed by atoms with E-state index in [1.54, 1.807) is 31.3 Å². The minimum atomic E-state index is -2.88. The standard InChI is InChI=1S/C19H19F4NO3/c1-24(12-14-4-9-16(10-5-14)27-19(22)23)17(25)11-6-13-2-7-15(8-3-13)26-18(20)21/h2-5,7-10,18-19H,6,11-12H2,1H3. The molecule has 0 spiro atoms. The second-order valence-corrected chi connectivity index (χ2v) is 5.79. The van der Waals surface area contributed by atoms with Crippen LogP contribution in [0.15, 0.2) is 48.5 Å². The number of benzene rings is 2. The van der Waals surface area contributed by atoms with Crippen LogP contribution in [0.2, 0.25) is 0 Å². The van der Waals surface area contributed by atoms with Crippen LogP contribution in [0, 0.1) is 0 Å². The highest BCUT2D eigenvalue weighted by molar-refractivity contribution is 5.76. The van der Waals surface area contributed by atoms with Crippen LogP contribution in [-0.2, 0) is 17.8 Å². The van der Waals surface area contributed by atoms with Crippen molar-refractivity contribution in [1.29, 1.82) is 0 Å². The zero-order valence-electron chi connectivity index (χ0n) is 14.6. The summed E-state index contributed by atoms with van der Waals surface area (Å²) in [7, 11) is 1.64. The number of nitrogens with zero attached hydrogens (tertiary/aromatic N) is 1. The third-order valence-electron chi connectivity index (χ3n) is 3.77. The molecule has 0 aliphatic carbocycles. The van der Waals surface area contributed by atoms with Gasteiger partial charge in [0.25, 0.3) is 0 Å². The van der Waals surface area contributed by atoms with Crippen molar-refractivity contribution in [1.82, 2.24) is 4.90 Å². The van der Waals surface area contributed by atoms with Crippen molar-refractivity contribution in [2.24, 2.45) is 0 Å². The minimum absolute atomic E-state index is 0.0574. The Morgan fingerprint density at radius 2 is 1.30 bits per heavy atom. The fourth-order valence-corrected chi connectivity index (χ4v) is 2.42. The predicted octanol–water partition coefficient (Wildman–Crippen LogP) is 4.48. The molecule has 146 valence electrons. The maximum Gasteiger partial charge on any atom is 0.387 e. The van der Waals surface area contributed by atoms with Gasteiger partial charge in [0.15, 0.2) is 0 Å². The van der Waals surface area contributed by atoms with E-state index in [1.807, 2.05) is 0 Å². The number of carbonyl (C=O) groups is 1. The van der Waals surface area contributed by atoms with E-state index in [2.05, 4.69) is 9.47 Å². The Hall–Kier alpha value is -2.77. The molecule has 0 atom stereocenters. The van der Waals surface area contributed by atoms with Crippen molar-refractivity contribution >= 4 is 5.91 Å². The molecule has 0 unspecified atom stereocenters. The molecule has 0 saturated heterocycles. The Kier molecular flexibility index (Phi) is 7.45. The second kappa shape index (κ2) is 9.80. The molecule has 2 aromatic rings. The highest BCUT2D eigenvalue weighted by atomic mass is 19.3. The van der Waals surface area contributed by atoms with Gasteiger partial charge in [0.05, 0.1) is 0 Å². The Bertz CT molecular complexity index is 721. The highest BCUT2D eigenvalue weighted by Crippen LogP contribution is 2.17. The van der Waals surface area contributed by atoms with Gasteiger partial charge in [-0.2, -0.15) is 17.6 Å². The van der Waals surface area contributed by atoms with Gasteiger partial charge in [0.1, 0.15) is 11.5 Å². The maximum atomic E-state index is 12.2. The van der Waals surface area contributed by atoms with Crippen molar-refractivity contribution < 1.29 is 31.8 Å². The van der Waals surface area contributed by atoms with Crippen LogP contribution >= 0.6 is 0 Å². The van der Waals surface area contributed by atoms with Crippen LogP contribution in [0.4, 0.5) is 17.6 Å².